The van der Waals surface area contributed by atoms with Crippen molar-refractivity contribution < 1.29 is 14.3 Å². The minimum atomic E-state index is -0.599. The number of carbonyl (C=O) groups is 2. The molecule has 2 amide bonds. The summed E-state index contributed by atoms with van der Waals surface area (Å²) in [6.45, 7) is 9.79. The van der Waals surface area contributed by atoms with Crippen LogP contribution in [-0.4, -0.2) is 35.4 Å². The zero-order valence-electron chi connectivity index (χ0n) is 17.4. The third-order valence-electron chi connectivity index (χ3n) is 4.46. The summed E-state index contributed by atoms with van der Waals surface area (Å²) in [6.07, 6.45) is 0. The normalized spacial score (nSPS) is 11.8. The molecule has 1 N–H and O–H groups in total. The van der Waals surface area contributed by atoms with Gasteiger partial charge in [0.05, 0.1) is 0 Å². The molecule has 2 aromatic carbocycles. The molecule has 1 atom stereocenters. The molecule has 0 aliphatic carbocycles. The molecule has 0 bridgehead atoms. The highest BCUT2D eigenvalue weighted by molar-refractivity contribution is 5.88. The molecular formula is C23H30N2O3. The maximum atomic E-state index is 12.9. The van der Waals surface area contributed by atoms with Crippen LogP contribution in [0.25, 0.3) is 0 Å². The summed E-state index contributed by atoms with van der Waals surface area (Å²) < 4.78 is 5.65. The molecule has 0 aliphatic rings. The van der Waals surface area contributed by atoms with Gasteiger partial charge in [0, 0.05) is 12.6 Å². The number of nitrogens with zero attached hydrogens (tertiary/aromatic N) is 1. The van der Waals surface area contributed by atoms with E-state index in [1.54, 1.807) is 11.8 Å². The van der Waals surface area contributed by atoms with Crippen molar-refractivity contribution in [1.82, 2.24) is 10.2 Å². The molecule has 0 spiro atoms. The Kier molecular flexibility index (Phi) is 7.61. The van der Waals surface area contributed by atoms with E-state index in [4.69, 9.17) is 4.74 Å². The first-order chi connectivity index (χ1) is 13.3. The summed E-state index contributed by atoms with van der Waals surface area (Å²) >= 11 is 0. The number of aryl methyl sites for hydroxylation is 2. The van der Waals surface area contributed by atoms with Crippen LogP contribution in [0.3, 0.4) is 0 Å². The quantitative estimate of drug-likeness (QED) is 0.759. The molecule has 5 heteroatoms. The number of hydrogen-bond acceptors (Lipinski definition) is 3. The number of carbonyl (C=O) groups excluding carboxylic acids is 2. The maximum absolute atomic E-state index is 12.9. The Balaban J connectivity index is 2.12. The number of hydrogen-bond donors (Lipinski definition) is 1. The summed E-state index contributed by atoms with van der Waals surface area (Å²) in [6, 6.07) is 14.9. The summed E-state index contributed by atoms with van der Waals surface area (Å²) in [4.78, 5) is 27.0. The van der Waals surface area contributed by atoms with Gasteiger partial charge in [0.2, 0.25) is 5.91 Å². The summed E-state index contributed by atoms with van der Waals surface area (Å²) in [7, 11) is 0. The highest BCUT2D eigenvalue weighted by Gasteiger charge is 2.26. The van der Waals surface area contributed by atoms with Gasteiger partial charge in [-0.05, 0) is 52.3 Å². The van der Waals surface area contributed by atoms with Gasteiger partial charge in [-0.2, -0.15) is 0 Å². The van der Waals surface area contributed by atoms with E-state index in [1.807, 2.05) is 76.2 Å². The van der Waals surface area contributed by atoms with E-state index in [9.17, 15) is 9.59 Å². The van der Waals surface area contributed by atoms with Crippen LogP contribution in [-0.2, 0) is 16.1 Å². The van der Waals surface area contributed by atoms with Crippen LogP contribution in [0.2, 0.25) is 0 Å². The summed E-state index contributed by atoms with van der Waals surface area (Å²) in [5.41, 5.74) is 3.24. The number of rotatable bonds is 8. The Labute approximate surface area is 167 Å². The zero-order chi connectivity index (χ0) is 20.7. The van der Waals surface area contributed by atoms with Gasteiger partial charge < -0.3 is 15.0 Å². The summed E-state index contributed by atoms with van der Waals surface area (Å²) in [5.74, 6) is 0.229. The van der Waals surface area contributed by atoms with Crippen LogP contribution in [0.5, 0.6) is 5.75 Å². The Morgan fingerprint density at radius 2 is 1.46 bits per heavy atom. The molecule has 150 valence electrons. The maximum Gasteiger partial charge on any atom is 0.261 e. The lowest BCUT2D eigenvalue weighted by atomic mass is 10.1. The van der Waals surface area contributed by atoms with Crippen LogP contribution in [0.1, 0.15) is 37.5 Å². The van der Waals surface area contributed by atoms with Crippen LogP contribution < -0.4 is 10.1 Å². The van der Waals surface area contributed by atoms with E-state index in [1.165, 1.54) is 0 Å². The number of amides is 2. The third kappa shape index (κ3) is 6.41. The average Bonchev–Trinajstić information content (AvgIpc) is 2.65. The largest absolute Gasteiger partial charge is 0.484 e. The van der Waals surface area contributed by atoms with Crippen molar-refractivity contribution in [3.8, 4) is 5.75 Å². The molecule has 0 radical (unpaired) electrons. The van der Waals surface area contributed by atoms with Gasteiger partial charge in [-0.3, -0.25) is 9.59 Å². The van der Waals surface area contributed by atoms with Crippen LogP contribution in [0.15, 0.2) is 48.5 Å². The monoisotopic (exact) mass is 382 g/mol. The average molecular weight is 383 g/mol. The lowest BCUT2D eigenvalue weighted by molar-refractivity contribution is -0.142. The van der Waals surface area contributed by atoms with E-state index in [0.29, 0.717) is 12.3 Å². The number of nitrogens with one attached hydrogen (secondary N) is 1. The van der Waals surface area contributed by atoms with Gasteiger partial charge in [-0.25, -0.2) is 0 Å². The van der Waals surface area contributed by atoms with Crippen molar-refractivity contribution in [2.24, 2.45) is 0 Å². The Hall–Kier alpha value is -2.82. The fourth-order valence-electron chi connectivity index (χ4n) is 2.74. The predicted octanol–water partition coefficient (Wildman–Crippen LogP) is 3.62. The SMILES string of the molecule is Cc1ccc(CN(C(=O)COc2ccc(C)cc2)[C@@H](C)C(=O)NC(C)C)cc1. The zero-order valence-corrected chi connectivity index (χ0v) is 17.4. The lowest BCUT2D eigenvalue weighted by Crippen LogP contribution is -2.50. The molecule has 28 heavy (non-hydrogen) atoms. The molecule has 0 saturated heterocycles. The first-order valence-corrected chi connectivity index (χ1v) is 9.61. The molecule has 0 aromatic heterocycles. The number of benzene rings is 2. The lowest BCUT2D eigenvalue weighted by Gasteiger charge is -2.29. The predicted molar refractivity (Wildman–Crippen MR) is 111 cm³/mol. The van der Waals surface area contributed by atoms with E-state index < -0.39 is 6.04 Å². The Morgan fingerprint density at radius 3 is 2.00 bits per heavy atom. The Morgan fingerprint density at radius 1 is 0.929 bits per heavy atom. The molecular weight excluding hydrogens is 352 g/mol. The van der Waals surface area contributed by atoms with Crippen molar-refractivity contribution in [2.45, 2.75) is 53.2 Å². The van der Waals surface area contributed by atoms with Crippen molar-refractivity contribution in [3.63, 3.8) is 0 Å². The molecule has 0 saturated carbocycles. The van der Waals surface area contributed by atoms with Gasteiger partial charge in [-0.15, -0.1) is 0 Å². The highest BCUT2D eigenvalue weighted by Crippen LogP contribution is 2.14. The van der Waals surface area contributed by atoms with Crippen LogP contribution >= 0.6 is 0 Å². The van der Waals surface area contributed by atoms with Crippen LogP contribution in [0.4, 0.5) is 0 Å². The van der Waals surface area contributed by atoms with Gasteiger partial charge in [0.1, 0.15) is 11.8 Å². The highest BCUT2D eigenvalue weighted by atomic mass is 16.5. The third-order valence-corrected chi connectivity index (χ3v) is 4.46. The minimum Gasteiger partial charge on any atom is -0.484 e. The van der Waals surface area contributed by atoms with Crippen molar-refractivity contribution in [3.05, 3.63) is 65.2 Å². The van der Waals surface area contributed by atoms with E-state index in [2.05, 4.69) is 5.32 Å². The molecule has 0 fully saturated rings. The topological polar surface area (TPSA) is 58.6 Å². The molecule has 0 aliphatic heterocycles. The van der Waals surface area contributed by atoms with Crippen molar-refractivity contribution in [1.29, 1.82) is 0 Å². The van der Waals surface area contributed by atoms with E-state index in [-0.39, 0.29) is 24.5 Å². The number of ether oxygens (including phenoxy) is 1. The summed E-state index contributed by atoms with van der Waals surface area (Å²) in [5, 5.41) is 2.88. The second kappa shape index (κ2) is 9.93. The van der Waals surface area contributed by atoms with Crippen LogP contribution in [0, 0.1) is 13.8 Å². The first-order valence-electron chi connectivity index (χ1n) is 9.61. The van der Waals surface area contributed by atoms with Crippen molar-refractivity contribution in [2.75, 3.05) is 6.61 Å². The van der Waals surface area contributed by atoms with Gasteiger partial charge in [-0.1, -0.05) is 47.5 Å². The smallest absolute Gasteiger partial charge is 0.261 e. The standard InChI is InChI=1S/C23H30N2O3/c1-16(2)24-23(27)19(5)25(14-20-10-6-17(3)7-11-20)22(26)15-28-21-12-8-18(4)9-13-21/h6-13,16,19H,14-15H2,1-5H3,(H,24,27)/t19-/m0/s1. The first kappa shape index (κ1) is 21.5. The van der Waals surface area contributed by atoms with Gasteiger partial charge in [0.25, 0.3) is 5.91 Å². The fourth-order valence-corrected chi connectivity index (χ4v) is 2.74. The Bertz CT molecular complexity index is 782. The van der Waals surface area contributed by atoms with E-state index >= 15 is 0 Å². The van der Waals surface area contributed by atoms with Gasteiger partial charge >= 0.3 is 0 Å². The molecule has 0 unspecified atom stereocenters. The second-order valence-electron chi connectivity index (χ2n) is 7.45. The molecule has 5 nitrogen and oxygen atoms in total. The minimum absolute atomic E-state index is 0.00934. The van der Waals surface area contributed by atoms with Crippen molar-refractivity contribution >= 4 is 11.8 Å². The fraction of sp³-hybridized carbons (Fsp3) is 0.391. The van der Waals surface area contributed by atoms with E-state index in [0.717, 1.165) is 16.7 Å². The molecule has 2 aromatic rings. The molecule has 0 heterocycles. The van der Waals surface area contributed by atoms with Gasteiger partial charge in [0.15, 0.2) is 6.61 Å². The molecule has 2 rings (SSSR count). The second-order valence-corrected chi connectivity index (χ2v) is 7.45.